The van der Waals surface area contributed by atoms with E-state index >= 15 is 0 Å². The topological polar surface area (TPSA) is 71.8 Å². The van der Waals surface area contributed by atoms with Gasteiger partial charge in [-0.25, -0.2) is 0 Å². The molecule has 1 aromatic carbocycles. The molecule has 0 saturated heterocycles. The van der Waals surface area contributed by atoms with Crippen molar-refractivity contribution < 1.29 is 18.7 Å². The maximum absolute atomic E-state index is 12.6. The Balaban J connectivity index is 1.39. The van der Waals surface area contributed by atoms with E-state index in [-0.39, 0.29) is 11.8 Å². The number of benzene rings is 1. The summed E-state index contributed by atoms with van der Waals surface area (Å²) in [6.07, 6.45) is 5.12. The van der Waals surface area contributed by atoms with Gasteiger partial charge in [-0.15, -0.1) is 0 Å². The first-order valence-electron chi connectivity index (χ1n) is 9.53. The molecule has 0 bridgehead atoms. The fourth-order valence-corrected chi connectivity index (χ4v) is 3.26. The smallest absolute Gasteiger partial charge is 0.289 e. The molecule has 1 fully saturated rings. The normalized spacial score (nSPS) is 16.2. The van der Waals surface area contributed by atoms with E-state index in [9.17, 15) is 9.59 Å². The fraction of sp³-hybridized carbons (Fsp3) is 0.429. The standard InChI is InChI=1S/C21H24N2O4/c24-20(22-13-16-3-4-16)8-6-15-5-7-18-17(12-15)14-23(9-11-27-18)21(25)19-2-1-10-26-19/h1-2,5,7,10,12,16H,3-4,6,8-9,11,13-14H2,(H,22,24). The summed E-state index contributed by atoms with van der Waals surface area (Å²) in [7, 11) is 0. The molecule has 142 valence electrons. The van der Waals surface area contributed by atoms with Crippen molar-refractivity contribution in [3.8, 4) is 5.75 Å². The number of aryl methyl sites for hydroxylation is 1. The second-order valence-corrected chi connectivity index (χ2v) is 7.24. The minimum Gasteiger partial charge on any atom is -0.491 e. The second kappa shape index (κ2) is 7.86. The number of hydrogen-bond acceptors (Lipinski definition) is 4. The van der Waals surface area contributed by atoms with Gasteiger partial charge in [-0.2, -0.15) is 0 Å². The van der Waals surface area contributed by atoms with Crippen LogP contribution in [0.4, 0.5) is 0 Å². The zero-order chi connectivity index (χ0) is 18.6. The van der Waals surface area contributed by atoms with Gasteiger partial charge in [0.2, 0.25) is 5.91 Å². The molecule has 0 radical (unpaired) electrons. The van der Waals surface area contributed by atoms with Crippen LogP contribution in [0, 0.1) is 5.92 Å². The van der Waals surface area contributed by atoms with E-state index in [2.05, 4.69) is 5.32 Å². The largest absolute Gasteiger partial charge is 0.491 e. The van der Waals surface area contributed by atoms with Crippen LogP contribution in [-0.4, -0.2) is 36.4 Å². The summed E-state index contributed by atoms with van der Waals surface area (Å²) in [6, 6.07) is 9.36. The fourth-order valence-electron chi connectivity index (χ4n) is 3.26. The molecule has 0 spiro atoms. The molecule has 2 aromatic rings. The minimum atomic E-state index is -0.138. The molecule has 6 heteroatoms. The molecule has 2 aliphatic rings. The number of amides is 2. The van der Waals surface area contributed by atoms with Crippen LogP contribution in [0.3, 0.4) is 0 Å². The maximum atomic E-state index is 12.6. The lowest BCUT2D eigenvalue weighted by atomic mass is 10.0. The zero-order valence-corrected chi connectivity index (χ0v) is 15.3. The third-order valence-electron chi connectivity index (χ3n) is 5.05. The molecular formula is C21H24N2O4. The number of furan rings is 1. The maximum Gasteiger partial charge on any atom is 0.289 e. The molecule has 2 amide bonds. The summed E-state index contributed by atoms with van der Waals surface area (Å²) in [5, 5.41) is 3.00. The van der Waals surface area contributed by atoms with Crippen molar-refractivity contribution >= 4 is 11.8 Å². The highest BCUT2D eigenvalue weighted by atomic mass is 16.5. The van der Waals surface area contributed by atoms with Crippen LogP contribution in [-0.2, 0) is 17.8 Å². The summed E-state index contributed by atoms with van der Waals surface area (Å²) in [5.74, 6) is 1.79. The van der Waals surface area contributed by atoms with Gasteiger partial charge in [0, 0.05) is 25.1 Å². The van der Waals surface area contributed by atoms with E-state index in [1.807, 2.05) is 18.2 Å². The summed E-state index contributed by atoms with van der Waals surface area (Å²) in [5.41, 5.74) is 2.04. The van der Waals surface area contributed by atoms with Gasteiger partial charge in [-0.3, -0.25) is 9.59 Å². The summed E-state index contributed by atoms with van der Waals surface area (Å²) < 4.78 is 11.0. The van der Waals surface area contributed by atoms with E-state index in [0.717, 1.165) is 23.4 Å². The quantitative estimate of drug-likeness (QED) is 0.851. The van der Waals surface area contributed by atoms with Gasteiger partial charge in [0.15, 0.2) is 5.76 Å². The average molecular weight is 368 g/mol. The SMILES string of the molecule is O=C(CCc1ccc2c(c1)CN(C(=O)c1ccco1)CCO2)NCC1CC1. The highest BCUT2D eigenvalue weighted by molar-refractivity contribution is 5.91. The number of fused-ring (bicyclic) bond motifs is 1. The van der Waals surface area contributed by atoms with Crippen molar-refractivity contribution in [1.29, 1.82) is 0 Å². The van der Waals surface area contributed by atoms with Crippen molar-refractivity contribution in [2.45, 2.75) is 32.2 Å². The Morgan fingerprint density at radius 1 is 1.22 bits per heavy atom. The molecule has 0 unspecified atom stereocenters. The van der Waals surface area contributed by atoms with Gasteiger partial charge < -0.3 is 19.4 Å². The Kier molecular flexibility index (Phi) is 5.14. The van der Waals surface area contributed by atoms with Gasteiger partial charge >= 0.3 is 0 Å². The van der Waals surface area contributed by atoms with E-state index in [1.54, 1.807) is 17.0 Å². The summed E-state index contributed by atoms with van der Waals surface area (Å²) >= 11 is 0. The third kappa shape index (κ3) is 4.51. The lowest BCUT2D eigenvalue weighted by Crippen LogP contribution is -2.32. The van der Waals surface area contributed by atoms with Gasteiger partial charge in [-0.05, 0) is 48.9 Å². The van der Waals surface area contributed by atoms with Crippen molar-refractivity contribution in [2.75, 3.05) is 19.7 Å². The molecule has 1 saturated carbocycles. The number of carbonyl (C=O) groups is 2. The van der Waals surface area contributed by atoms with Gasteiger partial charge in [0.25, 0.3) is 5.91 Å². The first-order chi connectivity index (χ1) is 13.2. The van der Waals surface area contributed by atoms with Crippen LogP contribution in [0.5, 0.6) is 5.75 Å². The molecule has 1 aliphatic carbocycles. The number of carbonyl (C=O) groups excluding carboxylic acids is 2. The van der Waals surface area contributed by atoms with Crippen LogP contribution in [0.1, 0.15) is 40.9 Å². The summed E-state index contributed by atoms with van der Waals surface area (Å²) in [6.45, 7) is 2.23. The molecule has 4 rings (SSSR count). The van der Waals surface area contributed by atoms with Crippen molar-refractivity contribution in [2.24, 2.45) is 5.92 Å². The average Bonchev–Trinajstić information content (AvgIpc) is 3.40. The highest BCUT2D eigenvalue weighted by Crippen LogP contribution is 2.28. The molecule has 6 nitrogen and oxygen atoms in total. The minimum absolute atomic E-state index is 0.0997. The number of nitrogens with zero attached hydrogens (tertiary/aromatic N) is 1. The van der Waals surface area contributed by atoms with Crippen LogP contribution < -0.4 is 10.1 Å². The first-order valence-corrected chi connectivity index (χ1v) is 9.53. The highest BCUT2D eigenvalue weighted by Gasteiger charge is 2.23. The van der Waals surface area contributed by atoms with E-state index < -0.39 is 0 Å². The lowest BCUT2D eigenvalue weighted by molar-refractivity contribution is -0.121. The zero-order valence-electron chi connectivity index (χ0n) is 15.3. The van der Waals surface area contributed by atoms with Crippen LogP contribution in [0.15, 0.2) is 41.0 Å². The van der Waals surface area contributed by atoms with E-state index in [0.29, 0.717) is 44.2 Å². The van der Waals surface area contributed by atoms with Gasteiger partial charge in [-0.1, -0.05) is 12.1 Å². The van der Waals surface area contributed by atoms with Gasteiger partial charge in [0.05, 0.1) is 12.8 Å². The molecule has 27 heavy (non-hydrogen) atoms. The number of hydrogen-bond donors (Lipinski definition) is 1. The van der Waals surface area contributed by atoms with E-state index in [4.69, 9.17) is 9.15 Å². The molecule has 1 N–H and O–H groups in total. The molecule has 1 aliphatic heterocycles. The van der Waals surface area contributed by atoms with E-state index in [1.165, 1.54) is 19.1 Å². The van der Waals surface area contributed by atoms with Crippen molar-refractivity contribution in [3.63, 3.8) is 0 Å². The predicted molar refractivity (Wildman–Crippen MR) is 99.4 cm³/mol. The Morgan fingerprint density at radius 3 is 2.89 bits per heavy atom. The Morgan fingerprint density at radius 2 is 2.11 bits per heavy atom. The molecule has 2 heterocycles. The number of rotatable bonds is 6. The van der Waals surface area contributed by atoms with Crippen molar-refractivity contribution in [1.82, 2.24) is 10.2 Å². The second-order valence-electron chi connectivity index (χ2n) is 7.24. The van der Waals surface area contributed by atoms with Crippen LogP contribution in [0.25, 0.3) is 0 Å². The Bertz CT molecular complexity index is 812. The predicted octanol–water partition coefficient (Wildman–Crippen LogP) is 2.77. The Hall–Kier alpha value is -2.76. The third-order valence-corrected chi connectivity index (χ3v) is 5.05. The summed E-state index contributed by atoms with van der Waals surface area (Å²) in [4.78, 5) is 26.3. The van der Waals surface area contributed by atoms with Crippen LogP contribution in [0.2, 0.25) is 0 Å². The van der Waals surface area contributed by atoms with Crippen LogP contribution >= 0.6 is 0 Å². The first kappa shape index (κ1) is 17.6. The molecular weight excluding hydrogens is 344 g/mol. The van der Waals surface area contributed by atoms with Crippen molar-refractivity contribution in [3.05, 3.63) is 53.5 Å². The molecule has 0 atom stereocenters. The lowest BCUT2D eigenvalue weighted by Gasteiger charge is -2.18. The number of nitrogens with one attached hydrogen (secondary N) is 1. The molecule has 1 aromatic heterocycles. The number of ether oxygens (including phenoxy) is 1. The monoisotopic (exact) mass is 368 g/mol. The Labute approximate surface area is 158 Å². The van der Waals surface area contributed by atoms with Gasteiger partial charge in [0.1, 0.15) is 12.4 Å².